The van der Waals surface area contributed by atoms with Gasteiger partial charge in [-0.1, -0.05) is 28.9 Å². The van der Waals surface area contributed by atoms with E-state index in [-0.39, 0.29) is 0 Å². The van der Waals surface area contributed by atoms with Crippen LogP contribution in [0, 0.1) is 6.92 Å². The first kappa shape index (κ1) is 15.5. The number of halogens is 1. The van der Waals surface area contributed by atoms with Crippen LogP contribution in [0.3, 0.4) is 0 Å². The Labute approximate surface area is 132 Å². The van der Waals surface area contributed by atoms with Gasteiger partial charge in [-0.3, -0.25) is 0 Å². The Kier molecular flexibility index (Phi) is 6.01. The van der Waals surface area contributed by atoms with Crippen molar-refractivity contribution in [3.63, 3.8) is 0 Å². The van der Waals surface area contributed by atoms with Crippen molar-refractivity contribution >= 4 is 27.7 Å². The number of benzene rings is 1. The Morgan fingerprint density at radius 3 is 2.85 bits per heavy atom. The molecule has 0 saturated heterocycles. The molecule has 0 amide bonds. The molecule has 2 rings (SSSR count). The fraction of sp³-hybridized carbons (Fsp3) is 0.333. The lowest BCUT2D eigenvalue weighted by Gasteiger charge is -2.06. The lowest BCUT2D eigenvalue weighted by Crippen LogP contribution is -2.14. The summed E-state index contributed by atoms with van der Waals surface area (Å²) >= 11 is 5.24. The standard InChI is InChI=1S/C15H18BrN3S/c1-3-17-9-13-7-11(2)18-15(19-13)10-20-14-6-4-5-12(16)8-14/h4-8,17H,3,9-10H2,1-2H3. The summed E-state index contributed by atoms with van der Waals surface area (Å²) < 4.78 is 1.10. The highest BCUT2D eigenvalue weighted by atomic mass is 79.9. The van der Waals surface area contributed by atoms with E-state index < -0.39 is 0 Å². The van der Waals surface area contributed by atoms with Gasteiger partial charge in [-0.2, -0.15) is 0 Å². The van der Waals surface area contributed by atoms with Crippen molar-refractivity contribution in [2.45, 2.75) is 31.0 Å². The first-order chi connectivity index (χ1) is 9.67. The van der Waals surface area contributed by atoms with E-state index in [1.165, 1.54) is 4.90 Å². The highest BCUT2D eigenvalue weighted by molar-refractivity contribution is 9.10. The number of nitrogens with one attached hydrogen (secondary N) is 1. The first-order valence-electron chi connectivity index (χ1n) is 6.60. The zero-order chi connectivity index (χ0) is 14.4. The van der Waals surface area contributed by atoms with E-state index in [4.69, 9.17) is 0 Å². The van der Waals surface area contributed by atoms with Gasteiger partial charge in [0.25, 0.3) is 0 Å². The van der Waals surface area contributed by atoms with Gasteiger partial charge >= 0.3 is 0 Å². The van der Waals surface area contributed by atoms with Crippen LogP contribution in [0.4, 0.5) is 0 Å². The lowest BCUT2D eigenvalue weighted by atomic mass is 10.3. The van der Waals surface area contributed by atoms with Crippen LogP contribution in [0.2, 0.25) is 0 Å². The van der Waals surface area contributed by atoms with Gasteiger partial charge in [-0.05, 0) is 37.7 Å². The van der Waals surface area contributed by atoms with Crippen LogP contribution in [0.15, 0.2) is 39.7 Å². The zero-order valence-corrected chi connectivity index (χ0v) is 14.1. The van der Waals surface area contributed by atoms with E-state index in [1.54, 1.807) is 11.8 Å². The predicted molar refractivity (Wildman–Crippen MR) is 87.9 cm³/mol. The Morgan fingerprint density at radius 1 is 1.25 bits per heavy atom. The fourth-order valence-electron chi connectivity index (χ4n) is 1.81. The molecule has 0 spiro atoms. The van der Waals surface area contributed by atoms with Gasteiger partial charge in [-0.25, -0.2) is 9.97 Å². The summed E-state index contributed by atoms with van der Waals surface area (Å²) in [6.45, 7) is 5.86. The number of rotatable bonds is 6. The monoisotopic (exact) mass is 351 g/mol. The molecule has 0 atom stereocenters. The van der Waals surface area contributed by atoms with Gasteiger partial charge < -0.3 is 5.32 Å². The molecule has 1 heterocycles. The number of hydrogen-bond donors (Lipinski definition) is 1. The molecule has 20 heavy (non-hydrogen) atoms. The molecule has 0 aliphatic carbocycles. The van der Waals surface area contributed by atoms with Crippen LogP contribution in [0.1, 0.15) is 24.1 Å². The minimum Gasteiger partial charge on any atom is -0.311 e. The molecule has 0 saturated carbocycles. The van der Waals surface area contributed by atoms with Crippen molar-refractivity contribution in [3.05, 3.63) is 52.0 Å². The summed E-state index contributed by atoms with van der Waals surface area (Å²) in [5, 5.41) is 3.30. The van der Waals surface area contributed by atoms with Crippen molar-refractivity contribution < 1.29 is 0 Å². The summed E-state index contributed by atoms with van der Waals surface area (Å²) in [5.74, 6) is 1.68. The van der Waals surface area contributed by atoms with E-state index in [0.717, 1.165) is 40.5 Å². The second-order valence-corrected chi connectivity index (χ2v) is 6.41. The highest BCUT2D eigenvalue weighted by Gasteiger charge is 2.04. The minimum absolute atomic E-state index is 0.789. The first-order valence-corrected chi connectivity index (χ1v) is 8.37. The topological polar surface area (TPSA) is 37.8 Å². The van der Waals surface area contributed by atoms with Crippen LogP contribution < -0.4 is 5.32 Å². The SMILES string of the molecule is CCNCc1cc(C)nc(CSc2cccc(Br)c2)n1. The van der Waals surface area contributed by atoms with Crippen molar-refractivity contribution in [2.75, 3.05) is 6.54 Å². The molecule has 0 unspecified atom stereocenters. The average molecular weight is 352 g/mol. The molecular weight excluding hydrogens is 334 g/mol. The van der Waals surface area contributed by atoms with Gasteiger partial charge in [0.2, 0.25) is 0 Å². The third-order valence-electron chi connectivity index (χ3n) is 2.67. The minimum atomic E-state index is 0.789. The van der Waals surface area contributed by atoms with Gasteiger partial charge in [-0.15, -0.1) is 11.8 Å². The molecule has 3 nitrogen and oxygen atoms in total. The van der Waals surface area contributed by atoms with E-state index in [1.807, 2.05) is 25.1 Å². The molecule has 0 bridgehead atoms. The normalized spacial score (nSPS) is 10.8. The summed E-state index contributed by atoms with van der Waals surface area (Å²) in [5.41, 5.74) is 2.09. The number of thioether (sulfide) groups is 1. The number of aromatic nitrogens is 2. The molecule has 1 aromatic carbocycles. The number of nitrogens with zero attached hydrogens (tertiary/aromatic N) is 2. The molecule has 0 fully saturated rings. The average Bonchev–Trinajstić information content (AvgIpc) is 2.42. The largest absolute Gasteiger partial charge is 0.311 e. The van der Waals surface area contributed by atoms with Gasteiger partial charge in [0.15, 0.2) is 0 Å². The van der Waals surface area contributed by atoms with Gasteiger partial charge in [0.05, 0.1) is 11.4 Å². The Bertz CT molecular complexity index is 575. The molecule has 1 N–H and O–H groups in total. The molecule has 2 aromatic rings. The number of hydrogen-bond acceptors (Lipinski definition) is 4. The molecule has 106 valence electrons. The van der Waals surface area contributed by atoms with E-state index in [9.17, 15) is 0 Å². The van der Waals surface area contributed by atoms with Gasteiger partial charge in [0.1, 0.15) is 5.82 Å². The van der Waals surface area contributed by atoms with E-state index in [2.05, 4.69) is 50.3 Å². The van der Waals surface area contributed by atoms with E-state index >= 15 is 0 Å². The van der Waals surface area contributed by atoms with Crippen LogP contribution in [-0.4, -0.2) is 16.5 Å². The molecule has 0 aliphatic rings. The van der Waals surface area contributed by atoms with Crippen LogP contribution >= 0.6 is 27.7 Å². The van der Waals surface area contributed by atoms with Crippen LogP contribution in [0.5, 0.6) is 0 Å². The summed E-state index contributed by atoms with van der Waals surface area (Å²) in [7, 11) is 0. The van der Waals surface area contributed by atoms with Crippen LogP contribution in [-0.2, 0) is 12.3 Å². The maximum Gasteiger partial charge on any atom is 0.139 e. The maximum absolute atomic E-state index is 4.60. The zero-order valence-electron chi connectivity index (χ0n) is 11.7. The third kappa shape index (κ3) is 4.89. The fourth-order valence-corrected chi connectivity index (χ4v) is 3.17. The van der Waals surface area contributed by atoms with Crippen molar-refractivity contribution in [1.29, 1.82) is 0 Å². The summed E-state index contributed by atoms with van der Waals surface area (Å²) in [6, 6.07) is 10.3. The van der Waals surface area contributed by atoms with E-state index in [0.29, 0.717) is 0 Å². The quantitative estimate of drug-likeness (QED) is 0.799. The van der Waals surface area contributed by atoms with Crippen LogP contribution in [0.25, 0.3) is 0 Å². The predicted octanol–water partition coefficient (Wildman–Crippen LogP) is 3.95. The summed E-state index contributed by atoms with van der Waals surface area (Å²) in [6.07, 6.45) is 0. The smallest absolute Gasteiger partial charge is 0.139 e. The molecular formula is C15H18BrN3S. The summed E-state index contributed by atoms with van der Waals surface area (Å²) in [4.78, 5) is 10.3. The molecule has 0 radical (unpaired) electrons. The number of aryl methyl sites for hydroxylation is 1. The molecule has 5 heteroatoms. The highest BCUT2D eigenvalue weighted by Crippen LogP contribution is 2.24. The third-order valence-corrected chi connectivity index (χ3v) is 4.16. The molecule has 1 aromatic heterocycles. The van der Waals surface area contributed by atoms with Crippen molar-refractivity contribution in [1.82, 2.24) is 15.3 Å². The maximum atomic E-state index is 4.60. The van der Waals surface area contributed by atoms with Gasteiger partial charge in [0, 0.05) is 21.6 Å². The Morgan fingerprint density at radius 2 is 2.10 bits per heavy atom. The van der Waals surface area contributed by atoms with Crippen molar-refractivity contribution in [2.24, 2.45) is 0 Å². The Balaban J connectivity index is 2.03. The second-order valence-electron chi connectivity index (χ2n) is 4.44. The second kappa shape index (κ2) is 7.76. The van der Waals surface area contributed by atoms with Crippen molar-refractivity contribution in [3.8, 4) is 0 Å². The Hall–Kier alpha value is -0.910. The lowest BCUT2D eigenvalue weighted by molar-refractivity contribution is 0.702. The molecule has 0 aliphatic heterocycles.